The predicted molar refractivity (Wildman–Crippen MR) is 257 cm³/mol. The van der Waals surface area contributed by atoms with Crippen LogP contribution >= 0.6 is 193 Å². The molecule has 66 heavy (non-hydrogen) atoms. The maximum absolute atomic E-state index is 10.3. The zero-order chi connectivity index (χ0) is 54.7. The molecule has 0 heterocycles. The number of carboxylic acids is 12. The largest absolute Gasteiger partial charge is 0.481 e. The Labute approximate surface area is 462 Å². The molecule has 0 amide bonds. The van der Waals surface area contributed by atoms with Crippen molar-refractivity contribution in [2.45, 2.75) is 84.1 Å². The van der Waals surface area contributed by atoms with Crippen LogP contribution in [0.4, 0.5) is 0 Å². The lowest BCUT2D eigenvalue weighted by atomic mass is 10.2. The predicted octanol–water partition coefficient (Wildman–Crippen LogP) is 6.67. The van der Waals surface area contributed by atoms with Gasteiger partial charge in [0.05, 0.1) is 36.4 Å². The van der Waals surface area contributed by atoms with Crippen molar-refractivity contribution >= 4 is 265 Å². The number of rotatable bonds is 22. The van der Waals surface area contributed by atoms with Crippen molar-refractivity contribution in [2.24, 2.45) is 0 Å². The summed E-state index contributed by atoms with van der Waals surface area (Å²) in [7, 11) is 0. The van der Waals surface area contributed by atoms with Crippen LogP contribution in [0, 0.1) is 0 Å². The summed E-state index contributed by atoms with van der Waals surface area (Å²) in [4.78, 5) is 119. The Morgan fingerprint density at radius 2 is 0.712 bits per heavy atom. The lowest BCUT2D eigenvalue weighted by Gasteiger charge is -2.24. The van der Waals surface area contributed by atoms with Crippen LogP contribution in [0.1, 0.15) is 44.9 Å². The van der Waals surface area contributed by atoms with Crippen LogP contribution in [0.5, 0.6) is 0 Å². The fourth-order valence-corrected chi connectivity index (χ4v) is 4.57. The van der Waals surface area contributed by atoms with Gasteiger partial charge in [-0.1, -0.05) is 170 Å². The Morgan fingerprint density at radius 1 is 0.424 bits per heavy atom. The number of halogens is 14. The fraction of sp³-hybridized carbons (Fsp3) is 0.571. The van der Waals surface area contributed by atoms with E-state index in [-0.39, 0.29) is 38.5 Å². The number of carboxylic acid groups (broad SMARTS) is 12. The summed E-state index contributed by atoms with van der Waals surface area (Å²) in [6.45, 7) is 0. The van der Waals surface area contributed by atoms with Gasteiger partial charge in [0, 0.05) is 6.42 Å². The first kappa shape index (κ1) is 76.4. The summed E-state index contributed by atoms with van der Waals surface area (Å²) in [5.74, 6) is -15.7. The van der Waals surface area contributed by atoms with Crippen molar-refractivity contribution < 1.29 is 119 Å². The van der Waals surface area contributed by atoms with Crippen LogP contribution in [0.3, 0.4) is 0 Å². The lowest BCUT2D eigenvalue weighted by molar-refractivity contribution is -0.145. The van der Waals surface area contributed by atoms with E-state index in [0.29, 0.717) is 0 Å². The number of hydrogen-bond acceptors (Lipinski definition) is 12. The first-order valence-electron chi connectivity index (χ1n) is 15.3. The summed E-state index contributed by atoms with van der Waals surface area (Å²) in [5.41, 5.74) is 0. The van der Waals surface area contributed by atoms with Crippen LogP contribution in [0.15, 0.2) is 0 Å². The highest BCUT2D eigenvalue weighted by atomic mass is 127. The maximum Gasteiger partial charge on any atom is 0.344 e. The molecule has 0 fully saturated rings. The monoisotopic (exact) mass is 1510 g/mol. The molecule has 384 valence electrons. The average Bonchev–Trinajstić information content (AvgIpc) is 3.10. The van der Waals surface area contributed by atoms with Gasteiger partial charge in [0.25, 0.3) is 8.67 Å². The van der Waals surface area contributed by atoms with Crippen LogP contribution in [-0.2, 0) is 57.5 Å². The third kappa shape index (κ3) is 38.8. The molecular formula is C28H30Br2Cl10I2O24. The van der Waals surface area contributed by atoms with Crippen molar-refractivity contribution in [2.75, 3.05) is 0 Å². The van der Waals surface area contributed by atoms with Crippen molar-refractivity contribution in [3.8, 4) is 0 Å². The van der Waals surface area contributed by atoms with E-state index in [9.17, 15) is 57.5 Å². The minimum Gasteiger partial charge on any atom is -0.481 e. The summed E-state index contributed by atoms with van der Waals surface area (Å²) >= 11 is 60.6. The van der Waals surface area contributed by atoms with Crippen LogP contribution < -0.4 is 0 Å². The van der Waals surface area contributed by atoms with E-state index in [1.165, 1.54) is 0 Å². The number of alkyl halides is 14. The second kappa shape index (κ2) is 36.0. The quantitative estimate of drug-likeness (QED) is 0.0398. The van der Waals surface area contributed by atoms with Crippen molar-refractivity contribution in [3.63, 3.8) is 0 Å². The Kier molecular flexibility index (Phi) is 41.7. The molecule has 24 nitrogen and oxygen atoms in total. The minimum atomic E-state index is -2.79. The van der Waals surface area contributed by atoms with Crippen molar-refractivity contribution in [3.05, 3.63) is 0 Å². The first-order chi connectivity index (χ1) is 29.1. The fourth-order valence-electron chi connectivity index (χ4n) is 2.21. The molecule has 0 aliphatic rings. The van der Waals surface area contributed by atoms with E-state index >= 15 is 0 Å². The molecule has 0 bridgehead atoms. The van der Waals surface area contributed by atoms with Gasteiger partial charge in [-0.15, -0.1) is 23.2 Å². The topological polar surface area (TPSA) is 448 Å². The van der Waals surface area contributed by atoms with E-state index in [4.69, 9.17) is 177 Å². The Bertz CT molecular complexity index is 1620. The Hall–Kier alpha value is -1.04. The second-order valence-corrected chi connectivity index (χ2v) is 25.3. The molecule has 38 heteroatoms. The molecule has 0 aromatic heterocycles. The number of aliphatic carboxylic acids is 12. The highest BCUT2D eigenvalue weighted by molar-refractivity contribution is 14.2. The van der Waals surface area contributed by atoms with Crippen LogP contribution in [0.2, 0.25) is 0 Å². The van der Waals surface area contributed by atoms with Gasteiger partial charge >= 0.3 is 71.6 Å². The van der Waals surface area contributed by atoms with Gasteiger partial charge in [0.1, 0.15) is 9.65 Å². The van der Waals surface area contributed by atoms with Gasteiger partial charge in [-0.05, 0) is 12.8 Å². The van der Waals surface area contributed by atoms with E-state index < -0.39 is 117 Å². The third-order valence-corrected chi connectivity index (χ3v) is 14.1. The zero-order valence-corrected chi connectivity index (χ0v) is 46.4. The Morgan fingerprint density at radius 3 is 0.864 bits per heavy atom. The first-order valence-corrected chi connectivity index (χ1v) is 23.2. The molecular weight excluding hydrogens is 1490 g/mol. The summed E-state index contributed by atoms with van der Waals surface area (Å²) in [5, 5.41) is 97.5. The molecule has 0 radical (unpaired) electrons. The molecule has 0 spiro atoms. The highest BCUT2D eigenvalue weighted by Gasteiger charge is 2.59. The van der Waals surface area contributed by atoms with E-state index in [1.54, 1.807) is 45.2 Å². The number of hydrogen-bond donors (Lipinski definition) is 12. The molecule has 0 aromatic rings. The van der Waals surface area contributed by atoms with Crippen molar-refractivity contribution in [1.82, 2.24) is 0 Å². The third-order valence-electron chi connectivity index (χ3n) is 5.36. The summed E-state index contributed by atoms with van der Waals surface area (Å²) in [6, 6.07) is 0. The minimum absolute atomic E-state index is 0.0717. The summed E-state index contributed by atoms with van der Waals surface area (Å²) in [6.07, 6.45) is -1.90. The van der Waals surface area contributed by atoms with Gasteiger partial charge < -0.3 is 61.3 Å². The smallest absolute Gasteiger partial charge is 0.344 e. The standard InChI is InChI=1S/2C6H8Cl2O4.C4H4Br2O4.C4H2Cl4O4.C4H4Cl2O4.C4H4I2O4/c7-3(1-5(9)10)4(8)2-6(11)12;7-6(8,5(11)12)3-1-2-4(9)10;5-1(3(7)8)2(6)4(9)10;5-3(6,1(9)10)4(7,8)2(11)12;2*5-4(6,3(9)10)1-2(7)8/h3-4H,1-2H2,(H,9,10)(H,11,12);1-3H2,(H,9,10)(H,11,12);1-2H,(H,7,8)(H,9,10);(H,9,10)(H,11,12);2*1H2,(H,7,8)(H,9,10). The normalized spacial score (nSPS) is 12.8. The van der Waals surface area contributed by atoms with Gasteiger partial charge in [-0.3, -0.25) is 33.6 Å². The van der Waals surface area contributed by atoms with Gasteiger partial charge in [0.15, 0.2) is 1.43 Å². The van der Waals surface area contributed by atoms with Gasteiger partial charge in [0.2, 0.25) is 8.67 Å². The highest BCUT2D eigenvalue weighted by Crippen LogP contribution is 2.43. The zero-order valence-electron chi connectivity index (χ0n) is 31.3. The van der Waals surface area contributed by atoms with Crippen molar-refractivity contribution in [1.29, 1.82) is 0 Å². The van der Waals surface area contributed by atoms with E-state index in [2.05, 4.69) is 31.9 Å². The van der Waals surface area contributed by atoms with E-state index in [0.717, 1.165) is 0 Å². The summed E-state index contributed by atoms with van der Waals surface area (Å²) < 4.78 is -10.9. The van der Waals surface area contributed by atoms with E-state index in [1.807, 2.05) is 0 Å². The molecule has 0 rings (SSSR count). The molecule has 0 aliphatic carbocycles. The van der Waals surface area contributed by atoms with Gasteiger partial charge in [-0.25, -0.2) is 24.0 Å². The molecule has 0 aromatic carbocycles. The number of carbonyl (C=O) groups is 12. The average molecular weight is 1520 g/mol. The molecule has 4 unspecified atom stereocenters. The molecule has 0 aliphatic heterocycles. The van der Waals surface area contributed by atoms with Gasteiger partial charge in [-0.2, -0.15) is 0 Å². The molecule has 0 saturated heterocycles. The van der Waals surface area contributed by atoms with Crippen LogP contribution in [0.25, 0.3) is 0 Å². The van der Waals surface area contributed by atoms with Crippen LogP contribution in [-0.4, -0.2) is 172 Å². The molecule has 12 N–H and O–H groups in total. The molecule has 4 atom stereocenters. The Balaban J connectivity index is -0.000000164. The maximum atomic E-state index is 10.3. The SMILES string of the molecule is O=C(O)C(Br)C(Br)C(=O)O.O=C(O)C(Cl)(Cl)C(Cl)(Cl)C(=O)O.O=C(O)CC(Cl)(Cl)C(=O)O.O=C(O)CC(Cl)C(Cl)CC(=O)O.O=C(O)CC(I)(I)C(=O)O.O=C(O)CCCC(Cl)(Cl)C(=O)O. The second-order valence-electron chi connectivity index (χ2n) is 10.9. The molecule has 0 saturated carbocycles. The lowest BCUT2D eigenvalue weighted by Crippen LogP contribution is -2.48.